The molecule has 3 aromatic heterocycles. The lowest BCUT2D eigenvalue weighted by molar-refractivity contribution is 0.0964. The van der Waals surface area contributed by atoms with Gasteiger partial charge >= 0.3 is 0 Å². The summed E-state index contributed by atoms with van der Waals surface area (Å²) in [5, 5.41) is 16.2. The molecule has 0 spiro atoms. The highest BCUT2D eigenvalue weighted by Crippen LogP contribution is 2.27. The second-order valence-electron chi connectivity index (χ2n) is 7.45. The van der Waals surface area contributed by atoms with Gasteiger partial charge in [0.15, 0.2) is 0 Å². The molecule has 0 aliphatic heterocycles. The van der Waals surface area contributed by atoms with Gasteiger partial charge in [-0.25, -0.2) is 9.97 Å². The summed E-state index contributed by atoms with van der Waals surface area (Å²) in [6, 6.07) is 13.2. The van der Waals surface area contributed by atoms with Crippen LogP contribution in [0.3, 0.4) is 0 Å². The first-order valence-corrected chi connectivity index (χ1v) is 10.3. The summed E-state index contributed by atoms with van der Waals surface area (Å²) in [5.41, 5.74) is 4.68. The molecule has 162 valence electrons. The number of nitrogens with one attached hydrogen (secondary N) is 2. The minimum atomic E-state index is -0.130. The molecular weight excluding hydrogens is 404 g/mol. The lowest BCUT2D eigenvalue weighted by Crippen LogP contribution is -2.18. The molecule has 8 heteroatoms. The van der Waals surface area contributed by atoms with Crippen LogP contribution in [0.15, 0.2) is 61.2 Å². The predicted molar refractivity (Wildman–Crippen MR) is 123 cm³/mol. The highest BCUT2D eigenvalue weighted by Gasteiger charge is 2.15. The number of fused-ring (bicyclic) bond motifs is 1. The number of anilines is 1. The van der Waals surface area contributed by atoms with Crippen LogP contribution in [0.1, 0.15) is 34.5 Å². The maximum Gasteiger partial charge on any atom is 0.251 e. The molecule has 0 fully saturated rings. The summed E-state index contributed by atoms with van der Waals surface area (Å²) in [7, 11) is 1.62. The smallest absolute Gasteiger partial charge is 0.251 e. The molecule has 0 aliphatic rings. The number of aliphatic hydroxyl groups is 1. The van der Waals surface area contributed by atoms with Gasteiger partial charge < -0.3 is 15.7 Å². The molecular formula is C24H24N6O2. The first kappa shape index (κ1) is 21.3. The van der Waals surface area contributed by atoms with E-state index in [1.165, 1.54) is 6.33 Å². The summed E-state index contributed by atoms with van der Waals surface area (Å²) in [6.07, 6.45) is 4.83. The van der Waals surface area contributed by atoms with E-state index < -0.39 is 0 Å². The molecule has 1 atom stereocenters. The van der Waals surface area contributed by atoms with Crippen LogP contribution in [0, 0.1) is 0 Å². The Morgan fingerprint density at radius 1 is 1.06 bits per heavy atom. The summed E-state index contributed by atoms with van der Waals surface area (Å²) in [5.74, 6) is 0.684. The molecule has 3 heterocycles. The van der Waals surface area contributed by atoms with Crippen molar-refractivity contribution >= 4 is 22.6 Å². The molecule has 32 heavy (non-hydrogen) atoms. The number of carbonyl (C=O) groups is 1. The van der Waals surface area contributed by atoms with E-state index in [2.05, 4.69) is 37.5 Å². The van der Waals surface area contributed by atoms with E-state index in [9.17, 15) is 9.90 Å². The van der Waals surface area contributed by atoms with E-state index in [4.69, 9.17) is 0 Å². The van der Waals surface area contributed by atoms with Gasteiger partial charge in [0, 0.05) is 48.9 Å². The molecule has 8 nitrogen and oxygen atoms in total. The number of aromatic nitrogens is 4. The molecule has 0 bridgehead atoms. The molecule has 1 aromatic carbocycles. The fourth-order valence-electron chi connectivity index (χ4n) is 3.63. The first-order valence-electron chi connectivity index (χ1n) is 10.3. The number of hydrogen-bond acceptors (Lipinski definition) is 7. The van der Waals surface area contributed by atoms with Crippen molar-refractivity contribution in [3.05, 3.63) is 78.0 Å². The number of rotatable bonds is 7. The van der Waals surface area contributed by atoms with Crippen molar-refractivity contribution in [1.29, 1.82) is 0 Å². The Balaban J connectivity index is 1.55. The molecule has 3 N–H and O–H groups in total. The van der Waals surface area contributed by atoms with Gasteiger partial charge in [-0.2, -0.15) is 0 Å². The molecule has 4 aromatic rings. The Bertz CT molecular complexity index is 1260. The SMILES string of the molecule is CNC(=O)c1ccnc2c([C@H](C)CNc3cc(-c4ccnc(CO)c4)ncn3)cccc12. The fraction of sp³-hybridized carbons (Fsp3) is 0.208. The van der Waals surface area contributed by atoms with E-state index >= 15 is 0 Å². The number of nitrogens with zero attached hydrogens (tertiary/aromatic N) is 4. The van der Waals surface area contributed by atoms with Gasteiger partial charge in [0.1, 0.15) is 12.1 Å². The quantitative estimate of drug-likeness (QED) is 0.414. The fourth-order valence-corrected chi connectivity index (χ4v) is 3.63. The maximum absolute atomic E-state index is 12.2. The van der Waals surface area contributed by atoms with E-state index in [-0.39, 0.29) is 18.4 Å². The number of benzene rings is 1. The molecule has 0 saturated heterocycles. The number of para-hydroxylation sites is 1. The Labute approximate surface area is 185 Å². The second kappa shape index (κ2) is 9.49. The summed E-state index contributed by atoms with van der Waals surface area (Å²) >= 11 is 0. The van der Waals surface area contributed by atoms with Gasteiger partial charge in [-0.15, -0.1) is 0 Å². The lowest BCUT2D eigenvalue weighted by atomic mass is 9.96. The normalized spacial score (nSPS) is 11.8. The zero-order chi connectivity index (χ0) is 22.5. The lowest BCUT2D eigenvalue weighted by Gasteiger charge is -2.16. The van der Waals surface area contributed by atoms with E-state index in [0.29, 0.717) is 23.6 Å². The topological polar surface area (TPSA) is 113 Å². The van der Waals surface area contributed by atoms with Crippen LogP contribution in [0.4, 0.5) is 5.82 Å². The van der Waals surface area contributed by atoms with E-state index in [1.54, 1.807) is 31.6 Å². The largest absolute Gasteiger partial charge is 0.390 e. The molecule has 1 amide bonds. The van der Waals surface area contributed by atoms with Gasteiger partial charge in [-0.3, -0.25) is 14.8 Å². The van der Waals surface area contributed by atoms with Gasteiger partial charge in [-0.05, 0) is 23.8 Å². The van der Waals surface area contributed by atoms with E-state index in [1.807, 2.05) is 30.3 Å². The zero-order valence-corrected chi connectivity index (χ0v) is 17.9. The zero-order valence-electron chi connectivity index (χ0n) is 17.9. The number of amides is 1. The monoisotopic (exact) mass is 428 g/mol. The summed E-state index contributed by atoms with van der Waals surface area (Å²) < 4.78 is 0. The summed E-state index contributed by atoms with van der Waals surface area (Å²) in [4.78, 5) is 29.5. The Kier molecular flexibility index (Phi) is 6.32. The average Bonchev–Trinajstić information content (AvgIpc) is 2.86. The number of hydrogen-bond donors (Lipinski definition) is 3. The van der Waals surface area contributed by atoms with Crippen LogP contribution < -0.4 is 10.6 Å². The number of carbonyl (C=O) groups excluding carboxylic acids is 1. The number of aliphatic hydroxyl groups excluding tert-OH is 1. The van der Waals surface area contributed by atoms with Crippen molar-refractivity contribution in [3.63, 3.8) is 0 Å². The summed E-state index contributed by atoms with van der Waals surface area (Å²) in [6.45, 7) is 2.61. The van der Waals surface area contributed by atoms with Crippen LogP contribution in [-0.2, 0) is 6.61 Å². The highest BCUT2D eigenvalue weighted by molar-refractivity contribution is 6.06. The van der Waals surface area contributed by atoms with Crippen molar-refractivity contribution in [2.24, 2.45) is 0 Å². The van der Waals surface area contributed by atoms with Crippen LogP contribution in [-0.4, -0.2) is 44.5 Å². The first-order chi connectivity index (χ1) is 15.6. The van der Waals surface area contributed by atoms with Crippen molar-refractivity contribution in [2.75, 3.05) is 18.9 Å². The van der Waals surface area contributed by atoms with Gasteiger partial charge in [0.2, 0.25) is 0 Å². The Morgan fingerprint density at radius 3 is 2.72 bits per heavy atom. The van der Waals surface area contributed by atoms with Gasteiger partial charge in [0.25, 0.3) is 5.91 Å². The third kappa shape index (κ3) is 4.40. The molecule has 0 radical (unpaired) electrons. The highest BCUT2D eigenvalue weighted by atomic mass is 16.3. The van der Waals surface area contributed by atoms with Crippen molar-refractivity contribution in [1.82, 2.24) is 25.3 Å². The second-order valence-corrected chi connectivity index (χ2v) is 7.45. The Hall–Kier alpha value is -3.91. The van der Waals surface area contributed by atoms with Crippen LogP contribution in [0.25, 0.3) is 22.2 Å². The van der Waals surface area contributed by atoms with Crippen molar-refractivity contribution in [2.45, 2.75) is 19.4 Å². The third-order valence-corrected chi connectivity index (χ3v) is 5.34. The van der Waals surface area contributed by atoms with Crippen molar-refractivity contribution in [3.8, 4) is 11.3 Å². The standard InChI is InChI=1S/C24H24N6O2/c1-15(18-4-3-5-19-20(24(32)25-2)7-9-27-23(18)19)12-28-22-11-21(29-14-30-22)16-6-8-26-17(10-16)13-31/h3-11,14-15,31H,12-13H2,1-2H3,(H,25,32)(H,28,29,30)/t15-/m1/s1. The van der Waals surface area contributed by atoms with Crippen LogP contribution in [0.5, 0.6) is 0 Å². The molecule has 0 aliphatic carbocycles. The van der Waals surface area contributed by atoms with Crippen molar-refractivity contribution < 1.29 is 9.90 Å². The molecule has 0 unspecified atom stereocenters. The Morgan fingerprint density at radius 2 is 1.91 bits per heavy atom. The minimum absolute atomic E-state index is 0.117. The minimum Gasteiger partial charge on any atom is -0.390 e. The van der Waals surface area contributed by atoms with Gasteiger partial charge in [-0.1, -0.05) is 25.1 Å². The molecule has 0 saturated carbocycles. The predicted octanol–water partition coefficient (Wildman–Crippen LogP) is 3.15. The third-order valence-electron chi connectivity index (χ3n) is 5.34. The van der Waals surface area contributed by atoms with Crippen LogP contribution in [0.2, 0.25) is 0 Å². The maximum atomic E-state index is 12.2. The van der Waals surface area contributed by atoms with E-state index in [0.717, 1.165) is 27.7 Å². The average molecular weight is 428 g/mol. The van der Waals surface area contributed by atoms with Gasteiger partial charge in [0.05, 0.1) is 29.1 Å². The molecule has 4 rings (SSSR count). The van der Waals surface area contributed by atoms with Crippen LogP contribution >= 0.6 is 0 Å². The number of pyridine rings is 2.